The second kappa shape index (κ2) is 12.7. The molecule has 0 aromatic rings. The summed E-state index contributed by atoms with van der Waals surface area (Å²) in [6, 6.07) is 0. The topological polar surface area (TPSA) is 46.5 Å². The molecular weight excluding hydrogens is 400 g/mol. The van der Waals surface area contributed by atoms with Gasteiger partial charge in [0.15, 0.2) is 14.1 Å². The van der Waals surface area contributed by atoms with Crippen LogP contribution in [-0.2, 0) is 9.22 Å². The van der Waals surface area contributed by atoms with Crippen molar-refractivity contribution in [1.29, 1.82) is 0 Å². The monoisotopic (exact) mass is 446 g/mol. The van der Waals surface area contributed by atoms with Gasteiger partial charge in [0, 0.05) is 17.6 Å². The summed E-state index contributed by atoms with van der Waals surface area (Å²) in [6.07, 6.45) is 21.1. The van der Waals surface area contributed by atoms with Crippen LogP contribution in [0.4, 0.5) is 0 Å². The summed E-state index contributed by atoms with van der Waals surface area (Å²) in [5, 5.41) is 9.06. The Kier molecular flexibility index (Phi) is 11.4. The number of hydrogen-bond acceptors (Lipinski definition) is 3. The van der Waals surface area contributed by atoms with Crippen LogP contribution in [0, 0.1) is 5.41 Å². The number of aliphatic hydroxyl groups is 1. The molecule has 0 spiro atoms. The van der Waals surface area contributed by atoms with Gasteiger partial charge in [-0.05, 0) is 69.2 Å². The molecule has 31 heavy (non-hydrogen) atoms. The Morgan fingerprint density at radius 2 is 1.84 bits per heavy atom. The van der Waals surface area contributed by atoms with E-state index < -0.39 is 8.32 Å². The lowest BCUT2D eigenvalue weighted by atomic mass is 9.80. The zero-order valence-corrected chi connectivity index (χ0v) is 22.0. The molecule has 176 valence electrons. The highest BCUT2D eigenvalue weighted by Crippen LogP contribution is 2.40. The van der Waals surface area contributed by atoms with Gasteiger partial charge in [0.1, 0.15) is 0 Å². The first kappa shape index (κ1) is 27.8. The number of aliphatic hydroxyl groups excluding tert-OH is 1. The predicted octanol–water partition coefficient (Wildman–Crippen LogP) is 7.30. The third-order valence-corrected chi connectivity index (χ3v) is 11.2. The molecule has 1 rings (SSSR count). The number of hydrogen-bond donors (Lipinski definition) is 1. The summed E-state index contributed by atoms with van der Waals surface area (Å²) in [5.74, 6) is 0.131. The maximum Gasteiger partial charge on any atom is 0.192 e. The van der Waals surface area contributed by atoms with E-state index in [0.29, 0.717) is 0 Å². The van der Waals surface area contributed by atoms with E-state index >= 15 is 0 Å². The number of carbonyl (C=O) groups is 1. The first-order valence-electron chi connectivity index (χ1n) is 12.0. The Bertz CT molecular complexity index is 679. The van der Waals surface area contributed by atoms with E-state index in [4.69, 9.17) is 9.53 Å². The fraction of sp³-hybridized carbons (Fsp3) is 0.667. The molecule has 0 bridgehead atoms. The van der Waals surface area contributed by atoms with Gasteiger partial charge in [0.05, 0.1) is 6.10 Å². The van der Waals surface area contributed by atoms with Gasteiger partial charge in [-0.2, -0.15) is 0 Å². The van der Waals surface area contributed by atoms with Crippen molar-refractivity contribution in [3.8, 4) is 0 Å². The second-order valence-corrected chi connectivity index (χ2v) is 15.2. The van der Waals surface area contributed by atoms with Crippen LogP contribution in [0.15, 0.2) is 48.1 Å². The van der Waals surface area contributed by atoms with Crippen molar-refractivity contribution in [2.75, 3.05) is 6.61 Å². The number of unbranched alkanes of at least 4 members (excludes halogenated alkanes) is 2. The van der Waals surface area contributed by atoms with Crippen LogP contribution >= 0.6 is 0 Å². The van der Waals surface area contributed by atoms with Crippen LogP contribution < -0.4 is 0 Å². The molecule has 4 heteroatoms. The van der Waals surface area contributed by atoms with Crippen molar-refractivity contribution in [3.63, 3.8) is 0 Å². The van der Waals surface area contributed by atoms with E-state index in [9.17, 15) is 4.79 Å². The van der Waals surface area contributed by atoms with Crippen molar-refractivity contribution in [1.82, 2.24) is 0 Å². The van der Waals surface area contributed by atoms with E-state index in [1.165, 1.54) is 0 Å². The van der Waals surface area contributed by atoms with Crippen LogP contribution in [-0.4, -0.2) is 31.9 Å². The van der Waals surface area contributed by atoms with Crippen LogP contribution in [0.3, 0.4) is 0 Å². The number of allylic oxidation sites excluding steroid dienone is 6. The molecule has 2 atom stereocenters. The lowest BCUT2D eigenvalue weighted by molar-refractivity contribution is -0.111. The minimum absolute atomic E-state index is 0.0999. The molecule has 1 N–H and O–H groups in total. The fourth-order valence-corrected chi connectivity index (χ4v) is 4.88. The van der Waals surface area contributed by atoms with Gasteiger partial charge in [-0.1, -0.05) is 71.1 Å². The fourth-order valence-electron chi connectivity index (χ4n) is 3.50. The van der Waals surface area contributed by atoms with Gasteiger partial charge in [0.25, 0.3) is 0 Å². The lowest BCUT2D eigenvalue weighted by Gasteiger charge is -2.39. The first-order valence-corrected chi connectivity index (χ1v) is 14.9. The largest absolute Gasteiger partial charge is 0.413 e. The van der Waals surface area contributed by atoms with E-state index in [1.54, 1.807) is 6.08 Å². The molecule has 3 nitrogen and oxygen atoms in total. The van der Waals surface area contributed by atoms with E-state index in [-0.39, 0.29) is 28.9 Å². The molecule has 0 saturated carbocycles. The highest BCUT2D eigenvalue weighted by molar-refractivity contribution is 6.74. The number of rotatable bonds is 13. The van der Waals surface area contributed by atoms with Gasteiger partial charge >= 0.3 is 0 Å². The summed E-state index contributed by atoms with van der Waals surface area (Å²) in [6.45, 7) is 15.9. The standard InChI is InChI=1S/C27H46O3Si/c1-8-9-13-16-23(30-31(6,7)26(2,3)4)17-18-24-25(29)19-21-27(24,5)20-14-11-10-12-15-22-28/h9,11,13-14,18-19,21,23,28H,8,10,12,15-17,20,22H2,1-7H3/b13-9-,14-11-,24-18-/t23-,27?/m0/s1. The Balaban J connectivity index is 2.92. The minimum atomic E-state index is -1.89. The molecule has 1 unspecified atom stereocenters. The predicted molar refractivity (Wildman–Crippen MR) is 136 cm³/mol. The van der Waals surface area contributed by atoms with Gasteiger partial charge in [0.2, 0.25) is 0 Å². The number of carbonyl (C=O) groups excluding carboxylic acids is 1. The van der Waals surface area contributed by atoms with Crippen LogP contribution in [0.25, 0.3) is 0 Å². The Labute approximate surface area is 192 Å². The van der Waals surface area contributed by atoms with Crippen molar-refractivity contribution in [2.24, 2.45) is 5.41 Å². The molecule has 0 radical (unpaired) electrons. The van der Waals surface area contributed by atoms with Gasteiger partial charge in [-0.25, -0.2) is 0 Å². The molecule has 0 amide bonds. The summed E-state index contributed by atoms with van der Waals surface area (Å²) in [4.78, 5) is 12.6. The minimum Gasteiger partial charge on any atom is -0.413 e. The molecule has 0 aromatic heterocycles. The van der Waals surface area contributed by atoms with Crippen molar-refractivity contribution in [3.05, 3.63) is 48.1 Å². The lowest BCUT2D eigenvalue weighted by Crippen LogP contribution is -2.43. The third-order valence-electron chi connectivity index (χ3n) is 6.62. The van der Waals surface area contributed by atoms with Gasteiger partial charge < -0.3 is 9.53 Å². The van der Waals surface area contributed by atoms with Crippen molar-refractivity contribution < 1.29 is 14.3 Å². The normalized spacial score (nSPS) is 22.5. The van der Waals surface area contributed by atoms with Gasteiger partial charge in [-0.3, -0.25) is 4.79 Å². The molecule has 0 fully saturated rings. The van der Waals surface area contributed by atoms with Crippen LogP contribution in [0.5, 0.6) is 0 Å². The molecule has 1 aliphatic carbocycles. The highest BCUT2D eigenvalue weighted by Gasteiger charge is 2.39. The highest BCUT2D eigenvalue weighted by atomic mass is 28.4. The Morgan fingerprint density at radius 1 is 1.13 bits per heavy atom. The maximum atomic E-state index is 12.6. The third kappa shape index (κ3) is 9.03. The quantitative estimate of drug-likeness (QED) is 0.140. The molecule has 0 aromatic carbocycles. The average Bonchev–Trinajstić information content (AvgIpc) is 2.96. The zero-order valence-electron chi connectivity index (χ0n) is 21.0. The zero-order chi connectivity index (χ0) is 23.5. The summed E-state index contributed by atoms with van der Waals surface area (Å²) in [5.41, 5.74) is 0.654. The average molecular weight is 447 g/mol. The van der Waals surface area contributed by atoms with Crippen LogP contribution in [0.1, 0.15) is 79.6 Å². The summed E-state index contributed by atoms with van der Waals surface area (Å²) < 4.78 is 6.73. The van der Waals surface area contributed by atoms with Gasteiger partial charge in [-0.15, -0.1) is 0 Å². The molecule has 1 aliphatic rings. The van der Waals surface area contributed by atoms with E-state index in [1.807, 2.05) is 0 Å². The molecule has 0 heterocycles. The molecule has 0 aliphatic heterocycles. The van der Waals surface area contributed by atoms with E-state index in [0.717, 1.165) is 50.5 Å². The molecular formula is C27H46O3Si. The van der Waals surface area contributed by atoms with Crippen molar-refractivity contribution in [2.45, 2.75) is 104 Å². The first-order chi connectivity index (χ1) is 14.5. The second-order valence-electron chi connectivity index (χ2n) is 10.5. The Morgan fingerprint density at radius 3 is 2.45 bits per heavy atom. The SMILES string of the molecule is CC/C=C\C[C@@H](C/C=C1/C(=O)C=CC1(C)C/C=C\CCCCO)O[Si](C)(C)C(C)(C)C. The molecule has 0 saturated heterocycles. The summed E-state index contributed by atoms with van der Waals surface area (Å²) >= 11 is 0. The van der Waals surface area contributed by atoms with Crippen molar-refractivity contribution >= 4 is 14.1 Å². The van der Waals surface area contributed by atoms with E-state index in [2.05, 4.69) is 84.2 Å². The van der Waals surface area contributed by atoms with Crippen LogP contribution in [0.2, 0.25) is 18.1 Å². The number of ketones is 1. The Hall–Kier alpha value is -1.23. The summed E-state index contributed by atoms with van der Waals surface area (Å²) in [7, 11) is -1.89. The maximum absolute atomic E-state index is 12.6. The smallest absolute Gasteiger partial charge is 0.192 e.